The lowest BCUT2D eigenvalue weighted by Gasteiger charge is -2.52. The molecule has 8 heteroatoms. The Hall–Kier alpha value is -1.89. The molecule has 1 amide bonds. The summed E-state index contributed by atoms with van der Waals surface area (Å²) < 4.78 is 25.9. The van der Waals surface area contributed by atoms with Crippen LogP contribution in [0.1, 0.15) is 90.8 Å². The van der Waals surface area contributed by atoms with Crippen LogP contribution in [-0.2, 0) is 19.4 Å². The van der Waals surface area contributed by atoms with Crippen molar-refractivity contribution in [3.05, 3.63) is 69.7 Å². The summed E-state index contributed by atoms with van der Waals surface area (Å²) in [5.74, 6) is -0.787. The van der Waals surface area contributed by atoms with Crippen LogP contribution in [0.2, 0.25) is 10.0 Å². The molecule has 4 atom stereocenters. The van der Waals surface area contributed by atoms with E-state index in [1.54, 1.807) is 43.9 Å². The van der Waals surface area contributed by atoms with Gasteiger partial charge in [0.15, 0.2) is 9.84 Å². The van der Waals surface area contributed by atoms with Gasteiger partial charge in [-0.25, -0.2) is 8.42 Å². The SMILES string of the molecule is CC[C@@H](CS(=O)(=O)C(C)(C)C)N1C(=O)[C@@](C)(CC(=O)C(C)C)C[C@H](c2cccc(Cl)c2)[C@H]1c1ccc(Cl)cc1. The van der Waals surface area contributed by atoms with Gasteiger partial charge in [0.05, 0.1) is 22.0 Å². The van der Waals surface area contributed by atoms with Crippen molar-refractivity contribution in [3.63, 3.8) is 0 Å². The quantitative estimate of drug-likeness (QED) is 0.299. The zero-order valence-corrected chi connectivity index (χ0v) is 26.3. The predicted octanol–water partition coefficient (Wildman–Crippen LogP) is 7.66. The molecule has 0 saturated carbocycles. The van der Waals surface area contributed by atoms with Crippen molar-refractivity contribution >= 4 is 44.7 Å². The molecule has 1 aliphatic rings. The summed E-state index contributed by atoms with van der Waals surface area (Å²) in [6, 6.07) is 13.9. The average Bonchev–Trinajstić information content (AvgIpc) is 2.84. The lowest BCUT2D eigenvalue weighted by Crippen LogP contribution is -2.58. The molecule has 2 aromatic carbocycles. The number of nitrogens with zero attached hydrogens (tertiary/aromatic N) is 1. The van der Waals surface area contributed by atoms with Crippen molar-refractivity contribution in [2.45, 2.75) is 90.5 Å². The van der Waals surface area contributed by atoms with Gasteiger partial charge in [0, 0.05) is 34.3 Å². The van der Waals surface area contributed by atoms with E-state index in [9.17, 15) is 18.0 Å². The van der Waals surface area contributed by atoms with Gasteiger partial charge < -0.3 is 4.90 Å². The number of Topliss-reactive ketones (excluding diaryl/α,β-unsaturated/α-hetero) is 1. The summed E-state index contributed by atoms with van der Waals surface area (Å²) in [5, 5.41) is 1.15. The smallest absolute Gasteiger partial charge is 0.229 e. The van der Waals surface area contributed by atoms with Gasteiger partial charge in [-0.05, 0) is 69.0 Å². The highest BCUT2D eigenvalue weighted by atomic mass is 35.5. The Kier molecular flexibility index (Phi) is 9.67. The van der Waals surface area contributed by atoms with E-state index in [0.717, 1.165) is 11.1 Å². The highest BCUT2D eigenvalue weighted by molar-refractivity contribution is 7.92. The molecule has 0 aromatic heterocycles. The molecule has 0 radical (unpaired) electrons. The van der Waals surface area contributed by atoms with E-state index >= 15 is 0 Å². The van der Waals surface area contributed by atoms with Gasteiger partial charge in [-0.2, -0.15) is 0 Å². The number of halogens is 2. The molecular weight excluding hydrogens is 553 g/mol. The molecule has 214 valence electrons. The van der Waals surface area contributed by atoms with Crippen LogP contribution >= 0.6 is 23.2 Å². The molecule has 0 N–H and O–H groups in total. The Morgan fingerprint density at radius 2 is 1.67 bits per heavy atom. The molecule has 1 saturated heterocycles. The maximum Gasteiger partial charge on any atom is 0.229 e. The van der Waals surface area contributed by atoms with Crippen LogP contribution in [0.5, 0.6) is 0 Å². The Bertz CT molecular complexity index is 1300. The van der Waals surface area contributed by atoms with E-state index < -0.39 is 32.1 Å². The standard InChI is InChI=1S/C31H41Cl2NO4S/c1-8-25(19-39(37,38)30(4,5)6)34-28(21-12-14-23(32)15-13-21)26(22-10-9-11-24(33)16-22)17-31(7,29(34)36)18-27(35)20(2)3/h9-16,20,25-26,28H,8,17-19H2,1-7H3/t25-,26+,28+,31+/m0/s1. The predicted molar refractivity (Wildman–Crippen MR) is 160 cm³/mol. The molecule has 0 bridgehead atoms. The summed E-state index contributed by atoms with van der Waals surface area (Å²) in [7, 11) is -3.56. The summed E-state index contributed by atoms with van der Waals surface area (Å²) >= 11 is 12.7. The number of hydrogen-bond donors (Lipinski definition) is 0. The minimum Gasteiger partial charge on any atom is -0.331 e. The van der Waals surface area contributed by atoms with E-state index in [1.165, 1.54) is 0 Å². The number of carbonyl (C=O) groups is 2. The minimum atomic E-state index is -3.56. The van der Waals surface area contributed by atoms with Crippen molar-refractivity contribution in [2.24, 2.45) is 11.3 Å². The largest absolute Gasteiger partial charge is 0.331 e. The van der Waals surface area contributed by atoms with E-state index in [1.807, 2.05) is 58.0 Å². The first-order valence-electron chi connectivity index (χ1n) is 13.6. The zero-order valence-electron chi connectivity index (χ0n) is 24.0. The fraction of sp³-hybridized carbons (Fsp3) is 0.548. The summed E-state index contributed by atoms with van der Waals surface area (Å²) in [6.45, 7) is 12.5. The van der Waals surface area contributed by atoms with Gasteiger partial charge >= 0.3 is 0 Å². The lowest BCUT2D eigenvalue weighted by molar-refractivity contribution is -0.157. The third-order valence-corrected chi connectivity index (χ3v) is 11.2. The number of amides is 1. The number of piperidine rings is 1. The van der Waals surface area contributed by atoms with Gasteiger partial charge in [-0.1, -0.05) is 75.2 Å². The number of benzene rings is 2. The molecule has 1 aliphatic heterocycles. The van der Waals surface area contributed by atoms with E-state index in [2.05, 4.69) is 0 Å². The summed E-state index contributed by atoms with van der Waals surface area (Å²) in [6.07, 6.45) is 0.964. The Balaban J connectivity index is 2.28. The van der Waals surface area contributed by atoms with Crippen molar-refractivity contribution in [3.8, 4) is 0 Å². The van der Waals surface area contributed by atoms with Crippen LogP contribution in [0.15, 0.2) is 48.5 Å². The maximum absolute atomic E-state index is 14.6. The maximum atomic E-state index is 14.6. The Labute approximate surface area is 244 Å². The highest BCUT2D eigenvalue weighted by Crippen LogP contribution is 2.52. The third kappa shape index (κ3) is 6.89. The van der Waals surface area contributed by atoms with E-state index in [4.69, 9.17) is 23.2 Å². The van der Waals surface area contributed by atoms with Crippen molar-refractivity contribution < 1.29 is 18.0 Å². The van der Waals surface area contributed by atoms with E-state index in [0.29, 0.717) is 22.9 Å². The molecule has 1 heterocycles. The third-order valence-electron chi connectivity index (χ3n) is 8.01. The molecule has 0 aliphatic carbocycles. The van der Waals surface area contributed by atoms with E-state index in [-0.39, 0.29) is 35.7 Å². The summed E-state index contributed by atoms with van der Waals surface area (Å²) in [4.78, 5) is 29.4. The second-order valence-corrected chi connectivity index (χ2v) is 16.0. The number of ketones is 1. The zero-order chi connectivity index (χ0) is 29.3. The van der Waals surface area contributed by atoms with Crippen LogP contribution in [-0.4, -0.2) is 41.5 Å². The Morgan fingerprint density at radius 3 is 2.18 bits per heavy atom. The fourth-order valence-corrected chi connectivity index (χ4v) is 7.16. The number of hydrogen-bond acceptors (Lipinski definition) is 4. The topological polar surface area (TPSA) is 71.5 Å². The second kappa shape index (κ2) is 11.9. The number of sulfone groups is 1. The highest BCUT2D eigenvalue weighted by Gasteiger charge is 2.53. The van der Waals surface area contributed by atoms with Crippen LogP contribution in [0.4, 0.5) is 0 Å². The van der Waals surface area contributed by atoms with Gasteiger partial charge in [0.25, 0.3) is 0 Å². The number of rotatable bonds is 9. The fourth-order valence-electron chi connectivity index (χ4n) is 5.43. The van der Waals surface area contributed by atoms with Crippen LogP contribution in [0.25, 0.3) is 0 Å². The first-order chi connectivity index (χ1) is 18.0. The van der Waals surface area contributed by atoms with Gasteiger partial charge in [-0.15, -0.1) is 0 Å². The van der Waals surface area contributed by atoms with Crippen molar-refractivity contribution in [1.29, 1.82) is 0 Å². The van der Waals surface area contributed by atoms with Crippen LogP contribution < -0.4 is 0 Å². The van der Waals surface area contributed by atoms with Crippen molar-refractivity contribution in [2.75, 3.05) is 5.75 Å². The normalized spacial score (nSPS) is 23.2. The molecule has 3 rings (SSSR count). The second-order valence-electron chi connectivity index (χ2n) is 12.4. The molecule has 5 nitrogen and oxygen atoms in total. The first-order valence-corrected chi connectivity index (χ1v) is 16.0. The first kappa shape index (κ1) is 31.6. The minimum absolute atomic E-state index is 0.0101. The van der Waals surface area contributed by atoms with Gasteiger partial charge in [0.1, 0.15) is 5.78 Å². The monoisotopic (exact) mass is 593 g/mol. The van der Waals surface area contributed by atoms with Gasteiger partial charge in [0.2, 0.25) is 5.91 Å². The molecule has 2 aromatic rings. The van der Waals surface area contributed by atoms with Crippen LogP contribution in [0, 0.1) is 11.3 Å². The molecule has 0 unspecified atom stereocenters. The molecular formula is C31H41Cl2NO4S. The summed E-state index contributed by atoms with van der Waals surface area (Å²) in [5.41, 5.74) is 0.800. The molecule has 39 heavy (non-hydrogen) atoms. The lowest BCUT2D eigenvalue weighted by atomic mass is 9.66. The average molecular weight is 595 g/mol. The molecule has 1 fully saturated rings. The molecule has 0 spiro atoms. The number of carbonyl (C=O) groups excluding carboxylic acids is 2. The van der Waals surface area contributed by atoms with Crippen molar-refractivity contribution in [1.82, 2.24) is 4.90 Å². The number of likely N-dealkylation sites (tertiary alicyclic amines) is 1. The van der Waals surface area contributed by atoms with Crippen LogP contribution in [0.3, 0.4) is 0 Å². The van der Waals surface area contributed by atoms with Gasteiger partial charge in [-0.3, -0.25) is 9.59 Å². The Morgan fingerprint density at radius 1 is 1.05 bits per heavy atom.